The van der Waals surface area contributed by atoms with E-state index in [4.69, 9.17) is 5.73 Å². The van der Waals surface area contributed by atoms with Crippen LogP contribution in [0.15, 0.2) is 4.99 Å². The predicted molar refractivity (Wildman–Crippen MR) is 44.9 cm³/mol. The topological polar surface area (TPSA) is 72.5 Å². The summed E-state index contributed by atoms with van der Waals surface area (Å²) in [5.41, 5.74) is 4.83. The normalized spacial score (nSPS) is 18.3. The van der Waals surface area contributed by atoms with Crippen molar-refractivity contribution < 1.29 is 9.59 Å². The fourth-order valence-corrected chi connectivity index (χ4v) is 1.10. The molecule has 1 rings (SSSR count). The lowest BCUT2D eigenvalue weighted by Gasteiger charge is -2.06. The monoisotopic (exact) mass is 168 g/mol. The van der Waals surface area contributed by atoms with Crippen LogP contribution in [0.1, 0.15) is 19.3 Å². The van der Waals surface area contributed by atoms with Gasteiger partial charge in [0.15, 0.2) is 0 Å². The molecule has 0 saturated heterocycles. The highest BCUT2D eigenvalue weighted by atomic mass is 16.2. The van der Waals surface area contributed by atoms with Gasteiger partial charge in [-0.2, -0.15) is 0 Å². The molecular formula is C8H12N2O2. The Morgan fingerprint density at radius 1 is 1.58 bits per heavy atom. The van der Waals surface area contributed by atoms with Crippen LogP contribution in [0.4, 0.5) is 0 Å². The van der Waals surface area contributed by atoms with E-state index in [1.54, 1.807) is 0 Å². The van der Waals surface area contributed by atoms with Crippen molar-refractivity contribution >= 4 is 18.4 Å². The Bertz CT molecular complexity index is 221. The second kappa shape index (κ2) is 3.47. The fraction of sp³-hybridized carbons (Fsp3) is 0.625. The lowest BCUT2D eigenvalue weighted by molar-refractivity contribution is -0.136. The van der Waals surface area contributed by atoms with Crippen molar-refractivity contribution in [3.63, 3.8) is 0 Å². The number of nitrogens with zero attached hydrogens (tertiary/aromatic N) is 1. The summed E-state index contributed by atoms with van der Waals surface area (Å²) in [5, 5.41) is 0. The largest absolute Gasteiger partial charge is 0.363 e. The molecule has 1 aliphatic rings. The third-order valence-corrected chi connectivity index (χ3v) is 2.02. The Kier molecular flexibility index (Phi) is 2.58. The van der Waals surface area contributed by atoms with Gasteiger partial charge in [-0.15, -0.1) is 0 Å². The summed E-state index contributed by atoms with van der Waals surface area (Å²) in [6.07, 6.45) is 2.88. The molecular weight excluding hydrogens is 156 g/mol. The Morgan fingerprint density at radius 2 is 2.17 bits per heavy atom. The Morgan fingerprint density at radius 3 is 2.50 bits per heavy atom. The van der Waals surface area contributed by atoms with Crippen LogP contribution >= 0.6 is 0 Å². The predicted octanol–water partition coefficient (Wildman–Crippen LogP) is -0.0899. The number of aliphatic imine (C=N–C) groups is 1. The van der Waals surface area contributed by atoms with E-state index >= 15 is 0 Å². The zero-order valence-corrected chi connectivity index (χ0v) is 6.82. The summed E-state index contributed by atoms with van der Waals surface area (Å²) in [4.78, 5) is 25.1. The number of Topliss-reactive ketones (excluding diaryl/α,β-unsaturated/α-hetero) is 1. The van der Waals surface area contributed by atoms with Gasteiger partial charge < -0.3 is 5.73 Å². The number of primary amides is 1. The first-order valence-corrected chi connectivity index (χ1v) is 3.94. The van der Waals surface area contributed by atoms with E-state index in [9.17, 15) is 9.59 Å². The van der Waals surface area contributed by atoms with Crippen molar-refractivity contribution in [2.75, 3.05) is 0 Å². The molecule has 0 unspecified atom stereocenters. The maximum atomic E-state index is 11.0. The van der Waals surface area contributed by atoms with E-state index in [1.165, 1.54) is 0 Å². The molecule has 0 aliphatic heterocycles. The molecule has 2 N–H and O–H groups in total. The Hall–Kier alpha value is -1.19. The molecule has 0 spiro atoms. The number of hydrogen-bond acceptors (Lipinski definition) is 3. The van der Waals surface area contributed by atoms with Crippen molar-refractivity contribution in [2.24, 2.45) is 16.6 Å². The summed E-state index contributed by atoms with van der Waals surface area (Å²) in [7, 11) is 0. The number of rotatable bonds is 5. The minimum Gasteiger partial charge on any atom is -0.363 e. The molecule has 0 aromatic heterocycles. The van der Waals surface area contributed by atoms with Crippen molar-refractivity contribution in [1.29, 1.82) is 0 Å². The number of ketones is 1. The molecule has 0 aromatic rings. The van der Waals surface area contributed by atoms with Crippen molar-refractivity contribution in [3.8, 4) is 0 Å². The van der Waals surface area contributed by atoms with Crippen LogP contribution in [-0.2, 0) is 9.59 Å². The van der Waals surface area contributed by atoms with Gasteiger partial charge in [0.2, 0.25) is 5.78 Å². The average molecular weight is 168 g/mol. The fourth-order valence-electron chi connectivity index (χ4n) is 1.10. The maximum absolute atomic E-state index is 11.0. The SMILES string of the molecule is C=N[C@@H](CC1CC1)C(=O)C(N)=O. The number of hydrogen-bond donors (Lipinski definition) is 1. The van der Waals surface area contributed by atoms with Crippen LogP contribution in [0.25, 0.3) is 0 Å². The molecule has 0 heterocycles. The molecule has 66 valence electrons. The second-order valence-electron chi connectivity index (χ2n) is 3.11. The van der Waals surface area contributed by atoms with Gasteiger partial charge in [0, 0.05) is 0 Å². The first-order valence-electron chi connectivity index (χ1n) is 3.94. The van der Waals surface area contributed by atoms with Crippen LogP contribution in [-0.4, -0.2) is 24.4 Å². The van der Waals surface area contributed by atoms with Crippen LogP contribution in [0.3, 0.4) is 0 Å². The lowest BCUT2D eigenvalue weighted by atomic mass is 10.1. The van der Waals surface area contributed by atoms with Crippen LogP contribution in [0.2, 0.25) is 0 Å². The van der Waals surface area contributed by atoms with Crippen LogP contribution in [0.5, 0.6) is 0 Å². The second-order valence-corrected chi connectivity index (χ2v) is 3.11. The smallest absolute Gasteiger partial charge is 0.287 e. The Balaban J connectivity index is 2.47. The molecule has 1 aliphatic carbocycles. The van der Waals surface area contributed by atoms with E-state index in [1.807, 2.05) is 0 Å². The molecule has 1 amide bonds. The van der Waals surface area contributed by atoms with Gasteiger partial charge in [0.25, 0.3) is 5.91 Å². The first-order chi connectivity index (χ1) is 5.65. The van der Waals surface area contributed by atoms with E-state index < -0.39 is 17.7 Å². The highest BCUT2D eigenvalue weighted by molar-refractivity contribution is 6.37. The average Bonchev–Trinajstić information content (AvgIpc) is 2.82. The number of nitrogens with two attached hydrogens (primary N) is 1. The summed E-state index contributed by atoms with van der Waals surface area (Å²) < 4.78 is 0. The molecule has 1 saturated carbocycles. The summed E-state index contributed by atoms with van der Waals surface area (Å²) in [6, 6.07) is -0.602. The van der Waals surface area contributed by atoms with E-state index in [2.05, 4.69) is 11.7 Å². The maximum Gasteiger partial charge on any atom is 0.287 e. The van der Waals surface area contributed by atoms with Crippen molar-refractivity contribution in [2.45, 2.75) is 25.3 Å². The lowest BCUT2D eigenvalue weighted by Crippen LogP contribution is -2.32. The molecule has 4 heteroatoms. The van der Waals surface area contributed by atoms with E-state index in [-0.39, 0.29) is 0 Å². The van der Waals surface area contributed by atoms with Crippen molar-refractivity contribution in [3.05, 3.63) is 0 Å². The van der Waals surface area contributed by atoms with Gasteiger partial charge >= 0.3 is 0 Å². The molecule has 1 fully saturated rings. The van der Waals surface area contributed by atoms with Gasteiger partial charge in [-0.05, 0) is 19.1 Å². The molecule has 12 heavy (non-hydrogen) atoms. The minimum atomic E-state index is -0.909. The van der Waals surface area contributed by atoms with Crippen LogP contribution in [0, 0.1) is 5.92 Å². The van der Waals surface area contributed by atoms with Gasteiger partial charge in [0.1, 0.15) is 6.04 Å². The molecule has 4 nitrogen and oxygen atoms in total. The molecule has 0 bridgehead atoms. The quantitative estimate of drug-likeness (QED) is 0.460. The number of carbonyl (C=O) groups is 2. The molecule has 0 radical (unpaired) electrons. The van der Waals surface area contributed by atoms with Gasteiger partial charge in [-0.25, -0.2) is 0 Å². The third kappa shape index (κ3) is 2.15. The van der Waals surface area contributed by atoms with E-state index in [0.717, 1.165) is 12.8 Å². The number of amides is 1. The third-order valence-electron chi connectivity index (χ3n) is 2.02. The standard InChI is InChI=1S/C8H12N2O2/c1-10-6(4-5-2-3-5)7(11)8(9)12/h5-6H,1-4H2,(H2,9,12)/t6-/m0/s1. The highest BCUT2D eigenvalue weighted by Gasteiger charge is 2.30. The summed E-state index contributed by atoms with van der Waals surface area (Å²) in [6.45, 7) is 3.27. The molecule has 0 aromatic carbocycles. The summed E-state index contributed by atoms with van der Waals surface area (Å²) >= 11 is 0. The van der Waals surface area contributed by atoms with Gasteiger partial charge in [0.05, 0.1) is 0 Å². The zero-order valence-electron chi connectivity index (χ0n) is 6.82. The van der Waals surface area contributed by atoms with Gasteiger partial charge in [-0.3, -0.25) is 14.6 Å². The van der Waals surface area contributed by atoms with Crippen LogP contribution < -0.4 is 5.73 Å². The molecule has 1 atom stereocenters. The van der Waals surface area contributed by atoms with E-state index in [0.29, 0.717) is 12.3 Å². The number of carbonyl (C=O) groups excluding carboxylic acids is 2. The van der Waals surface area contributed by atoms with Gasteiger partial charge in [-0.1, -0.05) is 12.8 Å². The Labute approximate surface area is 70.8 Å². The summed E-state index contributed by atoms with van der Waals surface area (Å²) in [5.74, 6) is -0.978. The first kappa shape index (κ1) is 8.90. The zero-order chi connectivity index (χ0) is 9.14. The minimum absolute atomic E-state index is 0.545. The highest BCUT2D eigenvalue weighted by Crippen LogP contribution is 2.34. The van der Waals surface area contributed by atoms with Crippen molar-refractivity contribution in [1.82, 2.24) is 0 Å².